The number of hydrogen-bond donors (Lipinski definition) is 1. The third kappa shape index (κ3) is 11.2. The molecule has 0 aromatic carbocycles. The fraction of sp³-hybridized carbons (Fsp3) is 1.00. The summed E-state index contributed by atoms with van der Waals surface area (Å²) in [7, 11) is 0. The van der Waals surface area contributed by atoms with Gasteiger partial charge in [-0.2, -0.15) is 24.9 Å². The fourth-order valence-corrected chi connectivity index (χ4v) is 2.62. The van der Waals surface area contributed by atoms with Crippen molar-refractivity contribution >= 4 is 11.8 Å². The molecule has 0 aliphatic heterocycles. The highest BCUT2D eigenvalue weighted by atomic mass is 32.2. The third-order valence-corrected chi connectivity index (χ3v) is 4.35. The van der Waals surface area contributed by atoms with Gasteiger partial charge in [-0.3, -0.25) is 0 Å². The molecule has 0 rings (SSSR count). The smallest absolute Gasteiger partial charge is 0.313 e. The summed E-state index contributed by atoms with van der Waals surface area (Å²) in [4.78, 5) is 0. The Morgan fingerprint density at radius 1 is 1.22 bits per heavy atom. The van der Waals surface area contributed by atoms with Gasteiger partial charge >= 0.3 is 6.18 Å². The van der Waals surface area contributed by atoms with Crippen molar-refractivity contribution in [3.63, 3.8) is 0 Å². The molecule has 110 valence electrons. The number of nitrogens with one attached hydrogen (secondary N) is 1. The molecule has 5 heteroatoms. The predicted octanol–water partition coefficient (Wildman–Crippen LogP) is 4.62. The van der Waals surface area contributed by atoms with Crippen molar-refractivity contribution in [1.29, 1.82) is 0 Å². The Balaban J connectivity index is 3.90. The van der Waals surface area contributed by atoms with E-state index < -0.39 is 12.6 Å². The Kier molecular flexibility index (Phi) is 10.0. The molecule has 0 aromatic rings. The van der Waals surface area contributed by atoms with Crippen LogP contribution in [0.15, 0.2) is 0 Å². The lowest BCUT2D eigenvalue weighted by Gasteiger charge is -2.20. The van der Waals surface area contributed by atoms with Gasteiger partial charge in [0.15, 0.2) is 0 Å². The van der Waals surface area contributed by atoms with E-state index in [0.717, 1.165) is 25.1 Å². The molecule has 0 amide bonds. The normalized spacial score (nSPS) is 15.7. The van der Waals surface area contributed by atoms with Gasteiger partial charge < -0.3 is 5.32 Å². The Bertz CT molecular complexity index is 197. The molecule has 0 fully saturated rings. The minimum atomic E-state index is -4.01. The summed E-state index contributed by atoms with van der Waals surface area (Å²) in [5.74, 6) is 0.910. The highest BCUT2D eigenvalue weighted by molar-refractivity contribution is 7.99. The zero-order valence-electron chi connectivity index (χ0n) is 11.6. The van der Waals surface area contributed by atoms with Crippen LogP contribution in [0.5, 0.6) is 0 Å². The van der Waals surface area contributed by atoms with Crippen LogP contribution in [-0.4, -0.2) is 29.8 Å². The Morgan fingerprint density at radius 2 is 1.89 bits per heavy atom. The topological polar surface area (TPSA) is 12.0 Å². The molecule has 1 N–H and O–H groups in total. The zero-order valence-corrected chi connectivity index (χ0v) is 12.5. The highest BCUT2D eigenvalue weighted by Gasteiger charge is 2.26. The van der Waals surface area contributed by atoms with Crippen molar-refractivity contribution in [3.05, 3.63) is 0 Å². The van der Waals surface area contributed by atoms with E-state index in [9.17, 15) is 13.2 Å². The van der Waals surface area contributed by atoms with E-state index in [-0.39, 0.29) is 12.5 Å². The quantitative estimate of drug-likeness (QED) is 0.628. The average molecular weight is 285 g/mol. The van der Waals surface area contributed by atoms with Crippen LogP contribution in [0.3, 0.4) is 0 Å². The molecule has 18 heavy (non-hydrogen) atoms. The van der Waals surface area contributed by atoms with Crippen molar-refractivity contribution in [1.82, 2.24) is 5.32 Å². The molecule has 0 saturated carbocycles. The van der Waals surface area contributed by atoms with Crippen LogP contribution in [0.4, 0.5) is 13.2 Å². The van der Waals surface area contributed by atoms with Crippen LogP contribution in [-0.2, 0) is 0 Å². The number of rotatable bonds is 10. The van der Waals surface area contributed by atoms with E-state index in [1.807, 2.05) is 11.8 Å². The van der Waals surface area contributed by atoms with Crippen LogP contribution in [0.25, 0.3) is 0 Å². The van der Waals surface area contributed by atoms with Gasteiger partial charge in [0.25, 0.3) is 0 Å². The van der Waals surface area contributed by atoms with E-state index in [4.69, 9.17) is 0 Å². The van der Waals surface area contributed by atoms with E-state index >= 15 is 0 Å². The first-order valence-corrected chi connectivity index (χ1v) is 7.85. The van der Waals surface area contributed by atoms with Crippen molar-refractivity contribution in [2.75, 3.05) is 12.3 Å². The van der Waals surface area contributed by atoms with Crippen molar-refractivity contribution < 1.29 is 13.2 Å². The van der Waals surface area contributed by atoms with E-state index in [1.165, 1.54) is 0 Å². The minimum absolute atomic E-state index is 0.214. The third-order valence-electron chi connectivity index (χ3n) is 2.85. The zero-order chi connectivity index (χ0) is 14.0. The molecule has 0 heterocycles. The van der Waals surface area contributed by atoms with Gasteiger partial charge in [-0.1, -0.05) is 20.8 Å². The lowest BCUT2D eigenvalue weighted by atomic mass is 10.1. The lowest BCUT2D eigenvalue weighted by Crippen LogP contribution is -2.32. The lowest BCUT2D eigenvalue weighted by molar-refractivity contribution is -0.135. The maximum atomic E-state index is 12.1. The molecule has 2 atom stereocenters. The first-order valence-electron chi connectivity index (χ1n) is 6.80. The van der Waals surface area contributed by atoms with Crippen molar-refractivity contribution in [2.45, 2.75) is 70.3 Å². The van der Waals surface area contributed by atoms with Gasteiger partial charge in [0.05, 0.1) is 0 Å². The molecule has 0 saturated heterocycles. The molecular formula is C13H26F3NS. The molecule has 0 spiro atoms. The molecule has 0 aromatic heterocycles. The van der Waals surface area contributed by atoms with Crippen LogP contribution in [0, 0.1) is 0 Å². The molecule has 0 aliphatic carbocycles. The summed E-state index contributed by atoms with van der Waals surface area (Å²) in [6.07, 6.45) is -1.71. The van der Waals surface area contributed by atoms with Gasteiger partial charge in [-0.25, -0.2) is 0 Å². The molecule has 0 radical (unpaired) electrons. The van der Waals surface area contributed by atoms with Gasteiger partial charge in [-0.05, 0) is 32.2 Å². The number of hydrogen-bond acceptors (Lipinski definition) is 2. The standard InChI is InChI=1S/C13H26F3NS/c1-4-9-17-12(10-18-11(3)5-2)7-6-8-13(14,15)16/h11-12,17H,4-10H2,1-3H3. The summed E-state index contributed by atoms with van der Waals surface area (Å²) in [6, 6.07) is 0.214. The van der Waals surface area contributed by atoms with Crippen LogP contribution < -0.4 is 5.32 Å². The van der Waals surface area contributed by atoms with Gasteiger partial charge in [0.2, 0.25) is 0 Å². The summed E-state index contributed by atoms with van der Waals surface area (Å²) in [6.45, 7) is 7.26. The summed E-state index contributed by atoms with van der Waals surface area (Å²) >= 11 is 1.85. The SMILES string of the molecule is CCCNC(CCCC(F)(F)F)CSC(C)CC. The number of halogens is 3. The maximum absolute atomic E-state index is 12.1. The van der Waals surface area contributed by atoms with Crippen molar-refractivity contribution in [3.8, 4) is 0 Å². The van der Waals surface area contributed by atoms with Crippen LogP contribution in [0.2, 0.25) is 0 Å². The van der Waals surface area contributed by atoms with E-state index in [2.05, 4.69) is 26.1 Å². The highest BCUT2D eigenvalue weighted by Crippen LogP contribution is 2.24. The van der Waals surface area contributed by atoms with E-state index in [1.54, 1.807) is 0 Å². The second-order valence-electron chi connectivity index (χ2n) is 4.71. The second-order valence-corrected chi connectivity index (χ2v) is 6.18. The van der Waals surface area contributed by atoms with Crippen LogP contribution in [0.1, 0.15) is 52.9 Å². The molecule has 2 unspecified atom stereocenters. The molecule has 0 aliphatic rings. The minimum Gasteiger partial charge on any atom is -0.313 e. The second kappa shape index (κ2) is 9.96. The largest absolute Gasteiger partial charge is 0.389 e. The summed E-state index contributed by atoms with van der Waals surface area (Å²) < 4.78 is 36.3. The Morgan fingerprint density at radius 3 is 2.39 bits per heavy atom. The monoisotopic (exact) mass is 285 g/mol. The average Bonchev–Trinajstić information content (AvgIpc) is 2.29. The number of thioether (sulfide) groups is 1. The van der Waals surface area contributed by atoms with Crippen molar-refractivity contribution in [2.24, 2.45) is 0 Å². The van der Waals surface area contributed by atoms with Gasteiger partial charge in [0, 0.05) is 23.5 Å². The van der Waals surface area contributed by atoms with Gasteiger partial charge in [-0.15, -0.1) is 0 Å². The Labute approximate surface area is 113 Å². The van der Waals surface area contributed by atoms with Gasteiger partial charge in [0.1, 0.15) is 0 Å². The summed E-state index contributed by atoms with van der Waals surface area (Å²) in [5, 5.41) is 3.93. The predicted molar refractivity (Wildman–Crippen MR) is 74.2 cm³/mol. The molecular weight excluding hydrogens is 259 g/mol. The first kappa shape index (κ1) is 18.1. The van der Waals surface area contributed by atoms with E-state index in [0.29, 0.717) is 11.7 Å². The first-order chi connectivity index (χ1) is 8.39. The molecule has 0 bridgehead atoms. The fourth-order valence-electron chi connectivity index (χ4n) is 1.54. The Hall–Kier alpha value is 0.100. The number of alkyl halides is 3. The maximum Gasteiger partial charge on any atom is 0.389 e. The summed E-state index contributed by atoms with van der Waals surface area (Å²) in [5.41, 5.74) is 0. The van der Waals surface area contributed by atoms with Crippen LogP contribution >= 0.6 is 11.8 Å². The molecule has 1 nitrogen and oxygen atoms in total.